The lowest BCUT2D eigenvalue weighted by Gasteiger charge is -2.18. The number of nitrogens with zero attached hydrogens (tertiary/aromatic N) is 2. The highest BCUT2D eigenvalue weighted by Gasteiger charge is 2.57. The molecule has 1 saturated carbocycles. The van der Waals surface area contributed by atoms with Crippen LogP contribution in [-0.2, 0) is 9.53 Å². The molecule has 4 amide bonds. The molecule has 2 heterocycles. The second-order valence-corrected chi connectivity index (χ2v) is 7.36. The van der Waals surface area contributed by atoms with Crippen LogP contribution in [0.25, 0.3) is 0 Å². The first kappa shape index (κ1) is 17.6. The summed E-state index contributed by atoms with van der Waals surface area (Å²) in [6.45, 7) is 2.99. The summed E-state index contributed by atoms with van der Waals surface area (Å²) in [6, 6.07) is 4.33. The summed E-state index contributed by atoms with van der Waals surface area (Å²) in [5, 5.41) is 2.60. The molecule has 3 N–H and O–H groups in total. The minimum Gasteiger partial charge on any atom is -0.442 e. The van der Waals surface area contributed by atoms with E-state index in [-0.39, 0.29) is 42.6 Å². The summed E-state index contributed by atoms with van der Waals surface area (Å²) >= 11 is 0. The summed E-state index contributed by atoms with van der Waals surface area (Å²) < 4.78 is 19.9. The molecule has 3 aliphatic rings. The maximum Gasteiger partial charge on any atom is 0.414 e. The molecule has 2 saturated heterocycles. The second kappa shape index (κ2) is 6.40. The van der Waals surface area contributed by atoms with E-state index in [9.17, 15) is 18.8 Å². The van der Waals surface area contributed by atoms with E-state index in [1.54, 1.807) is 17.0 Å². The number of carbonyl (C=O) groups excluding carboxylic acids is 3. The van der Waals surface area contributed by atoms with Gasteiger partial charge in [0, 0.05) is 20.0 Å². The number of nitrogens with one attached hydrogen (secondary N) is 1. The largest absolute Gasteiger partial charge is 0.442 e. The lowest BCUT2D eigenvalue weighted by Crippen LogP contribution is -2.35. The Balaban J connectivity index is 1.42. The number of likely N-dealkylation sites (tertiary alicyclic amines) is 1. The van der Waals surface area contributed by atoms with Gasteiger partial charge in [-0.2, -0.15) is 0 Å². The number of halogens is 1. The quantitative estimate of drug-likeness (QED) is 0.818. The van der Waals surface area contributed by atoms with Gasteiger partial charge in [0.05, 0.1) is 18.8 Å². The van der Waals surface area contributed by atoms with Gasteiger partial charge in [-0.15, -0.1) is 0 Å². The van der Waals surface area contributed by atoms with E-state index < -0.39 is 18.2 Å². The van der Waals surface area contributed by atoms with Crippen molar-refractivity contribution in [1.82, 2.24) is 10.2 Å². The molecule has 3 fully saturated rings. The molecule has 1 aliphatic carbocycles. The Kier molecular flexibility index (Phi) is 4.16. The fraction of sp³-hybridized carbons (Fsp3) is 0.500. The molecule has 4 rings (SSSR count). The Hall–Kier alpha value is -2.84. The van der Waals surface area contributed by atoms with Crippen molar-refractivity contribution in [3.63, 3.8) is 0 Å². The Morgan fingerprint density at radius 3 is 2.59 bits per heavy atom. The monoisotopic (exact) mass is 376 g/mol. The number of nitrogens with two attached hydrogens (primary N) is 1. The van der Waals surface area contributed by atoms with Crippen LogP contribution >= 0.6 is 0 Å². The van der Waals surface area contributed by atoms with Gasteiger partial charge < -0.3 is 20.7 Å². The van der Waals surface area contributed by atoms with Crippen LogP contribution in [0.2, 0.25) is 0 Å². The standard InChI is InChI=1S/C18H21FN4O4/c1-9(24)21-5-11-6-23(18(26)27-11)10-2-3-12(15(19)4-10)16-13-7-22(17(20)25)8-14(13)16/h2-4,11,13-14,16H,5-8H2,1H3,(H2,20,25)(H,21,24)/t11-,13?,14?,16?/m0/s1. The van der Waals surface area contributed by atoms with Crippen molar-refractivity contribution >= 4 is 23.7 Å². The minimum absolute atomic E-state index is 0.0905. The number of cyclic esters (lactones) is 1. The van der Waals surface area contributed by atoms with Crippen molar-refractivity contribution in [2.45, 2.75) is 18.9 Å². The van der Waals surface area contributed by atoms with E-state index in [4.69, 9.17) is 10.5 Å². The number of anilines is 1. The number of ether oxygens (including phenoxy) is 1. The maximum atomic E-state index is 14.7. The first-order valence-corrected chi connectivity index (χ1v) is 8.91. The molecule has 1 aromatic rings. The number of primary amides is 1. The summed E-state index contributed by atoms with van der Waals surface area (Å²) in [5.41, 5.74) is 6.33. The van der Waals surface area contributed by atoms with Crippen molar-refractivity contribution in [3.8, 4) is 0 Å². The Morgan fingerprint density at radius 1 is 1.30 bits per heavy atom. The van der Waals surface area contributed by atoms with Gasteiger partial charge in [-0.25, -0.2) is 14.0 Å². The van der Waals surface area contributed by atoms with Crippen molar-refractivity contribution in [2.24, 2.45) is 17.6 Å². The third-order valence-electron chi connectivity index (χ3n) is 5.61. The van der Waals surface area contributed by atoms with Gasteiger partial charge in [0.15, 0.2) is 0 Å². The number of hydrogen-bond acceptors (Lipinski definition) is 4. The summed E-state index contributed by atoms with van der Waals surface area (Å²) in [4.78, 5) is 37.2. The average molecular weight is 376 g/mol. The van der Waals surface area contributed by atoms with E-state index in [0.29, 0.717) is 24.3 Å². The SMILES string of the molecule is CC(=O)NC[C@H]1CN(c2ccc(C3C4CN(C(N)=O)CC43)c(F)c2)C(=O)O1. The number of piperidine rings is 1. The Labute approximate surface area is 155 Å². The minimum atomic E-state index is -0.558. The number of fused-ring (bicyclic) bond motifs is 1. The van der Waals surface area contributed by atoms with E-state index in [1.807, 2.05) is 0 Å². The lowest BCUT2D eigenvalue weighted by atomic mass is 10.1. The van der Waals surface area contributed by atoms with Crippen molar-refractivity contribution < 1.29 is 23.5 Å². The summed E-state index contributed by atoms with van der Waals surface area (Å²) in [7, 11) is 0. The molecule has 144 valence electrons. The normalized spacial score (nSPS) is 28.7. The highest BCUT2D eigenvalue weighted by Crippen LogP contribution is 2.58. The smallest absolute Gasteiger partial charge is 0.414 e. The van der Waals surface area contributed by atoms with Gasteiger partial charge in [-0.1, -0.05) is 6.07 Å². The van der Waals surface area contributed by atoms with Crippen molar-refractivity contribution in [1.29, 1.82) is 0 Å². The molecule has 2 unspecified atom stereocenters. The number of benzene rings is 1. The van der Waals surface area contributed by atoms with E-state index in [0.717, 1.165) is 0 Å². The van der Waals surface area contributed by atoms with Crippen LogP contribution in [0.4, 0.5) is 19.7 Å². The predicted octanol–water partition coefficient (Wildman–Crippen LogP) is 1.01. The highest BCUT2D eigenvalue weighted by molar-refractivity contribution is 5.89. The van der Waals surface area contributed by atoms with Crippen molar-refractivity contribution in [3.05, 3.63) is 29.6 Å². The van der Waals surface area contributed by atoms with Gasteiger partial charge in [-0.3, -0.25) is 9.69 Å². The van der Waals surface area contributed by atoms with Gasteiger partial charge in [0.1, 0.15) is 11.9 Å². The van der Waals surface area contributed by atoms with Crippen LogP contribution in [0.3, 0.4) is 0 Å². The summed E-state index contributed by atoms with van der Waals surface area (Å²) in [6.07, 6.45) is -1.02. The third kappa shape index (κ3) is 3.17. The lowest BCUT2D eigenvalue weighted by molar-refractivity contribution is -0.119. The zero-order valence-electron chi connectivity index (χ0n) is 14.9. The van der Waals surface area contributed by atoms with Gasteiger partial charge >= 0.3 is 12.1 Å². The molecule has 8 nitrogen and oxygen atoms in total. The molecule has 0 bridgehead atoms. The second-order valence-electron chi connectivity index (χ2n) is 7.36. The van der Waals surface area contributed by atoms with Crippen LogP contribution in [0, 0.1) is 17.7 Å². The predicted molar refractivity (Wildman–Crippen MR) is 93.6 cm³/mol. The number of hydrogen-bond donors (Lipinski definition) is 2. The number of urea groups is 1. The van der Waals surface area contributed by atoms with E-state index in [2.05, 4.69) is 5.32 Å². The van der Waals surface area contributed by atoms with Crippen LogP contribution in [0.15, 0.2) is 18.2 Å². The molecule has 9 heteroatoms. The van der Waals surface area contributed by atoms with Crippen molar-refractivity contribution in [2.75, 3.05) is 31.1 Å². The molecule has 27 heavy (non-hydrogen) atoms. The van der Waals surface area contributed by atoms with Gasteiger partial charge in [0.25, 0.3) is 0 Å². The average Bonchev–Trinajstić information content (AvgIpc) is 2.95. The highest BCUT2D eigenvalue weighted by atomic mass is 19.1. The molecule has 2 aliphatic heterocycles. The summed E-state index contributed by atoms with van der Waals surface area (Å²) in [5.74, 6) is 0.0152. The zero-order chi connectivity index (χ0) is 19.3. The van der Waals surface area contributed by atoms with Crippen LogP contribution in [-0.4, -0.2) is 55.2 Å². The van der Waals surface area contributed by atoms with Crippen LogP contribution < -0.4 is 16.0 Å². The van der Waals surface area contributed by atoms with E-state index in [1.165, 1.54) is 17.9 Å². The fourth-order valence-corrected chi connectivity index (χ4v) is 4.22. The third-order valence-corrected chi connectivity index (χ3v) is 5.61. The number of rotatable bonds is 4. The Morgan fingerprint density at radius 2 is 2.00 bits per heavy atom. The maximum absolute atomic E-state index is 14.7. The molecular weight excluding hydrogens is 355 g/mol. The Bertz CT molecular complexity index is 805. The first-order valence-electron chi connectivity index (χ1n) is 8.91. The van der Waals surface area contributed by atoms with Gasteiger partial charge in [-0.05, 0) is 35.4 Å². The molecule has 0 radical (unpaired) electrons. The molecule has 0 spiro atoms. The molecule has 0 aromatic heterocycles. The molecule has 3 atom stereocenters. The molecule has 1 aromatic carbocycles. The first-order chi connectivity index (χ1) is 12.8. The zero-order valence-corrected chi connectivity index (χ0v) is 14.9. The number of carbonyl (C=O) groups is 3. The van der Waals surface area contributed by atoms with Crippen LogP contribution in [0.5, 0.6) is 0 Å². The topological polar surface area (TPSA) is 105 Å². The molecular formula is C18H21FN4O4. The van der Waals surface area contributed by atoms with Gasteiger partial charge in [0.2, 0.25) is 5.91 Å². The fourth-order valence-electron chi connectivity index (χ4n) is 4.22. The van der Waals surface area contributed by atoms with Crippen LogP contribution in [0.1, 0.15) is 18.4 Å². The van der Waals surface area contributed by atoms with E-state index >= 15 is 0 Å². The number of amides is 4.